The molecule has 0 saturated heterocycles. The Bertz CT molecular complexity index is 463. The van der Waals surface area contributed by atoms with Crippen molar-refractivity contribution in [2.24, 2.45) is 0 Å². The first-order chi connectivity index (χ1) is 10.2. The summed E-state index contributed by atoms with van der Waals surface area (Å²) in [6.45, 7) is 5.87. The van der Waals surface area contributed by atoms with E-state index in [1.807, 2.05) is 6.92 Å². The molecule has 0 radical (unpaired) electrons. The number of hydrogen-bond acceptors (Lipinski definition) is 4. The van der Waals surface area contributed by atoms with Gasteiger partial charge in [-0.05, 0) is 25.0 Å². The van der Waals surface area contributed by atoms with Gasteiger partial charge in [0.1, 0.15) is 5.82 Å². The van der Waals surface area contributed by atoms with Crippen LogP contribution in [0.1, 0.15) is 43.5 Å². The van der Waals surface area contributed by atoms with Crippen molar-refractivity contribution in [2.45, 2.75) is 33.1 Å². The molecule has 0 spiro atoms. The topological polar surface area (TPSA) is 83.1 Å². The molecule has 6 nitrogen and oxygen atoms in total. The average Bonchev–Trinajstić information content (AvgIpc) is 2.51. The van der Waals surface area contributed by atoms with E-state index in [1.165, 1.54) is 0 Å². The average molecular weight is 292 g/mol. The number of carbonyl (C=O) groups is 2. The Hall–Kier alpha value is -2.11. The van der Waals surface area contributed by atoms with Gasteiger partial charge in [-0.2, -0.15) is 0 Å². The lowest BCUT2D eigenvalue weighted by Crippen LogP contribution is -2.31. The molecule has 0 saturated carbocycles. The molecule has 0 bridgehead atoms. The third-order valence-electron chi connectivity index (χ3n) is 2.79. The lowest BCUT2D eigenvalue weighted by Gasteiger charge is -2.08. The highest BCUT2D eigenvalue weighted by Crippen LogP contribution is 2.06. The van der Waals surface area contributed by atoms with Gasteiger partial charge in [-0.1, -0.05) is 13.8 Å². The molecule has 0 aromatic carbocycles. The van der Waals surface area contributed by atoms with Crippen molar-refractivity contribution in [3.8, 4) is 0 Å². The second-order valence-corrected chi connectivity index (χ2v) is 4.71. The van der Waals surface area contributed by atoms with Crippen molar-refractivity contribution in [3.05, 3.63) is 23.9 Å². The van der Waals surface area contributed by atoms with Gasteiger partial charge in [0.25, 0.3) is 5.91 Å². The third-order valence-corrected chi connectivity index (χ3v) is 2.79. The van der Waals surface area contributed by atoms with Gasteiger partial charge in [-0.3, -0.25) is 9.59 Å². The molecule has 116 valence electrons. The Morgan fingerprint density at radius 3 is 2.57 bits per heavy atom. The Morgan fingerprint density at radius 2 is 1.86 bits per heavy atom. The van der Waals surface area contributed by atoms with Gasteiger partial charge in [0, 0.05) is 37.8 Å². The van der Waals surface area contributed by atoms with Crippen LogP contribution >= 0.6 is 0 Å². The number of nitrogens with one attached hydrogen (secondary N) is 3. The van der Waals surface area contributed by atoms with Crippen LogP contribution in [0.25, 0.3) is 0 Å². The first-order valence-electron chi connectivity index (χ1n) is 7.42. The van der Waals surface area contributed by atoms with Crippen molar-refractivity contribution >= 4 is 17.6 Å². The number of nitrogens with zero attached hydrogens (tertiary/aromatic N) is 1. The highest BCUT2D eigenvalue weighted by Gasteiger charge is 2.07. The largest absolute Gasteiger partial charge is 0.370 e. The lowest BCUT2D eigenvalue weighted by atomic mass is 10.2. The number of rotatable bonds is 9. The Morgan fingerprint density at radius 1 is 1.10 bits per heavy atom. The summed E-state index contributed by atoms with van der Waals surface area (Å²) in [5.41, 5.74) is 0.539. The van der Waals surface area contributed by atoms with Gasteiger partial charge in [-0.15, -0.1) is 0 Å². The van der Waals surface area contributed by atoms with E-state index in [4.69, 9.17) is 0 Å². The van der Waals surface area contributed by atoms with E-state index in [-0.39, 0.29) is 18.2 Å². The predicted molar refractivity (Wildman–Crippen MR) is 83.3 cm³/mol. The summed E-state index contributed by atoms with van der Waals surface area (Å²) in [6.07, 6.45) is 3.78. The molecule has 0 aliphatic rings. The summed E-state index contributed by atoms with van der Waals surface area (Å²) in [5, 5.41) is 8.63. The molecule has 21 heavy (non-hydrogen) atoms. The number of aromatic nitrogens is 1. The van der Waals surface area contributed by atoms with E-state index in [0.717, 1.165) is 19.4 Å². The van der Waals surface area contributed by atoms with Crippen molar-refractivity contribution in [2.75, 3.05) is 25.0 Å². The van der Waals surface area contributed by atoms with E-state index in [2.05, 4.69) is 27.9 Å². The Balaban J connectivity index is 2.39. The monoisotopic (exact) mass is 292 g/mol. The summed E-state index contributed by atoms with van der Waals surface area (Å²) < 4.78 is 0. The van der Waals surface area contributed by atoms with Crippen LogP contribution in [0.4, 0.5) is 5.82 Å². The molecule has 0 aliphatic carbocycles. The molecule has 2 amide bonds. The molecule has 1 heterocycles. The SMILES string of the molecule is CCCNC(=O)CCNC(=O)c1ccnc(NCCC)c1. The summed E-state index contributed by atoms with van der Waals surface area (Å²) >= 11 is 0. The highest BCUT2D eigenvalue weighted by molar-refractivity contribution is 5.95. The number of hydrogen-bond donors (Lipinski definition) is 3. The van der Waals surface area contributed by atoms with Crippen LogP contribution in [-0.4, -0.2) is 36.4 Å². The van der Waals surface area contributed by atoms with Crippen LogP contribution in [0, 0.1) is 0 Å². The first kappa shape index (κ1) is 16.9. The molecule has 1 aromatic rings. The van der Waals surface area contributed by atoms with Crippen molar-refractivity contribution in [3.63, 3.8) is 0 Å². The summed E-state index contributed by atoms with van der Waals surface area (Å²) in [4.78, 5) is 27.5. The molecule has 6 heteroatoms. The maximum Gasteiger partial charge on any atom is 0.251 e. The zero-order chi connectivity index (χ0) is 15.5. The van der Waals surface area contributed by atoms with Crippen LogP contribution in [-0.2, 0) is 4.79 Å². The standard InChI is InChI=1S/C15H24N4O2/c1-3-7-16-13-11-12(5-9-17-13)15(21)19-10-6-14(20)18-8-4-2/h5,9,11H,3-4,6-8,10H2,1-2H3,(H,16,17)(H,18,20)(H,19,21). The Kier molecular flexibility index (Phi) is 7.86. The van der Waals surface area contributed by atoms with Gasteiger partial charge in [0.2, 0.25) is 5.91 Å². The van der Waals surface area contributed by atoms with Crippen molar-refractivity contribution in [1.29, 1.82) is 0 Å². The van der Waals surface area contributed by atoms with Gasteiger partial charge in [0.15, 0.2) is 0 Å². The smallest absolute Gasteiger partial charge is 0.251 e. The van der Waals surface area contributed by atoms with Crippen LogP contribution < -0.4 is 16.0 Å². The zero-order valence-corrected chi connectivity index (χ0v) is 12.7. The fraction of sp³-hybridized carbons (Fsp3) is 0.533. The highest BCUT2D eigenvalue weighted by atomic mass is 16.2. The quantitative estimate of drug-likeness (QED) is 0.645. The molecule has 0 fully saturated rings. The molecule has 0 atom stereocenters. The molecule has 0 unspecified atom stereocenters. The van der Waals surface area contributed by atoms with E-state index < -0.39 is 0 Å². The van der Waals surface area contributed by atoms with Crippen LogP contribution in [0.15, 0.2) is 18.3 Å². The molecular formula is C15H24N4O2. The number of anilines is 1. The molecule has 1 rings (SSSR count). The number of carbonyl (C=O) groups excluding carboxylic acids is 2. The van der Waals surface area contributed by atoms with Gasteiger partial charge < -0.3 is 16.0 Å². The first-order valence-corrected chi connectivity index (χ1v) is 7.42. The van der Waals surface area contributed by atoms with Crippen molar-refractivity contribution < 1.29 is 9.59 Å². The van der Waals surface area contributed by atoms with Gasteiger partial charge in [0.05, 0.1) is 0 Å². The summed E-state index contributed by atoms with van der Waals surface area (Å²) in [7, 11) is 0. The maximum atomic E-state index is 12.0. The van der Waals surface area contributed by atoms with E-state index >= 15 is 0 Å². The van der Waals surface area contributed by atoms with E-state index in [9.17, 15) is 9.59 Å². The normalized spacial score (nSPS) is 10.0. The fourth-order valence-corrected chi connectivity index (χ4v) is 1.67. The minimum absolute atomic E-state index is 0.0443. The van der Waals surface area contributed by atoms with E-state index in [1.54, 1.807) is 18.3 Å². The van der Waals surface area contributed by atoms with E-state index in [0.29, 0.717) is 24.5 Å². The molecule has 0 aliphatic heterocycles. The van der Waals surface area contributed by atoms with Crippen molar-refractivity contribution in [1.82, 2.24) is 15.6 Å². The van der Waals surface area contributed by atoms with Crippen LogP contribution in [0.3, 0.4) is 0 Å². The van der Waals surface area contributed by atoms with Gasteiger partial charge >= 0.3 is 0 Å². The fourth-order valence-electron chi connectivity index (χ4n) is 1.67. The second kappa shape index (κ2) is 9.74. The lowest BCUT2D eigenvalue weighted by molar-refractivity contribution is -0.120. The maximum absolute atomic E-state index is 12.0. The third kappa shape index (κ3) is 6.74. The predicted octanol–water partition coefficient (Wildman–Crippen LogP) is 1.55. The summed E-state index contributed by atoms with van der Waals surface area (Å²) in [6, 6.07) is 3.37. The number of amides is 2. The van der Waals surface area contributed by atoms with Gasteiger partial charge in [-0.25, -0.2) is 4.98 Å². The Labute approximate surface area is 125 Å². The zero-order valence-electron chi connectivity index (χ0n) is 12.7. The minimum atomic E-state index is -0.194. The molecule has 3 N–H and O–H groups in total. The number of pyridine rings is 1. The van der Waals surface area contributed by atoms with Crippen LogP contribution in [0.2, 0.25) is 0 Å². The van der Waals surface area contributed by atoms with Crippen LogP contribution in [0.5, 0.6) is 0 Å². The molecule has 1 aromatic heterocycles. The second-order valence-electron chi connectivity index (χ2n) is 4.71. The summed E-state index contributed by atoms with van der Waals surface area (Å²) in [5.74, 6) is 0.447. The minimum Gasteiger partial charge on any atom is -0.370 e. The molecular weight excluding hydrogens is 268 g/mol.